The van der Waals surface area contributed by atoms with Crippen molar-refractivity contribution in [1.82, 2.24) is 0 Å². The zero-order valence-corrected chi connectivity index (χ0v) is 14.6. The lowest BCUT2D eigenvalue weighted by molar-refractivity contribution is -0.117. The number of halogens is 1. The number of carbonyl (C=O) groups is 2. The second-order valence-electron chi connectivity index (χ2n) is 5.51. The molecule has 4 nitrogen and oxygen atoms in total. The molecule has 1 N–H and O–H groups in total. The van der Waals surface area contributed by atoms with E-state index in [4.69, 9.17) is 0 Å². The normalized spacial score (nSPS) is 14.4. The number of carbonyl (C=O) groups excluding carboxylic acids is 2. The Morgan fingerprint density at radius 1 is 1.12 bits per heavy atom. The molecule has 1 saturated heterocycles. The number of nitrogens with one attached hydrogen (secondary N) is 1. The molecule has 2 amide bonds. The Labute approximate surface area is 149 Å². The van der Waals surface area contributed by atoms with Crippen molar-refractivity contribution in [2.24, 2.45) is 0 Å². The third-order valence-electron chi connectivity index (χ3n) is 3.85. The Morgan fingerprint density at radius 3 is 2.62 bits per heavy atom. The van der Waals surface area contributed by atoms with E-state index in [-0.39, 0.29) is 11.8 Å². The summed E-state index contributed by atoms with van der Waals surface area (Å²) in [6.45, 7) is 0.693. The second-order valence-corrected chi connectivity index (χ2v) is 6.36. The van der Waals surface area contributed by atoms with Gasteiger partial charge in [-0.2, -0.15) is 0 Å². The number of anilines is 2. The number of rotatable bonds is 4. The van der Waals surface area contributed by atoms with Crippen LogP contribution in [0.15, 0.2) is 59.1 Å². The van der Waals surface area contributed by atoms with E-state index < -0.39 is 0 Å². The molecule has 1 heterocycles. The lowest BCUT2D eigenvalue weighted by atomic mass is 10.2. The van der Waals surface area contributed by atoms with Crippen molar-refractivity contribution in [3.63, 3.8) is 0 Å². The molecule has 5 heteroatoms. The van der Waals surface area contributed by atoms with Gasteiger partial charge in [0, 0.05) is 23.5 Å². The van der Waals surface area contributed by atoms with E-state index >= 15 is 0 Å². The van der Waals surface area contributed by atoms with Gasteiger partial charge >= 0.3 is 0 Å². The summed E-state index contributed by atoms with van der Waals surface area (Å²) in [6, 6.07) is 15.1. The maximum atomic E-state index is 12.2. The summed E-state index contributed by atoms with van der Waals surface area (Å²) in [5, 5.41) is 2.86. The molecule has 0 bridgehead atoms. The third-order valence-corrected chi connectivity index (χ3v) is 4.57. The zero-order valence-electron chi connectivity index (χ0n) is 13.0. The van der Waals surface area contributed by atoms with Crippen molar-refractivity contribution in [2.75, 3.05) is 16.8 Å². The molecule has 0 radical (unpaired) electrons. The van der Waals surface area contributed by atoms with Gasteiger partial charge in [0.2, 0.25) is 11.8 Å². The van der Waals surface area contributed by atoms with Gasteiger partial charge < -0.3 is 10.2 Å². The molecule has 0 aliphatic carbocycles. The minimum Gasteiger partial charge on any atom is -0.321 e. The molecule has 3 rings (SSSR count). The summed E-state index contributed by atoms with van der Waals surface area (Å²) < 4.78 is 0.928. The molecule has 0 spiro atoms. The summed E-state index contributed by atoms with van der Waals surface area (Å²) in [4.78, 5) is 25.9. The number of benzene rings is 2. The molecule has 0 unspecified atom stereocenters. The van der Waals surface area contributed by atoms with Crippen LogP contribution in [-0.4, -0.2) is 18.4 Å². The van der Waals surface area contributed by atoms with Crippen molar-refractivity contribution in [3.05, 3.63) is 64.6 Å². The fourth-order valence-electron chi connectivity index (χ4n) is 2.67. The minimum atomic E-state index is -0.232. The third kappa shape index (κ3) is 3.74. The Bertz CT molecular complexity index is 801. The Balaban J connectivity index is 1.75. The zero-order chi connectivity index (χ0) is 16.9. The number of amides is 2. The van der Waals surface area contributed by atoms with Gasteiger partial charge in [0.25, 0.3) is 0 Å². The molecule has 0 saturated carbocycles. The number of hydrogen-bond acceptors (Lipinski definition) is 2. The summed E-state index contributed by atoms with van der Waals surface area (Å²) in [6.07, 6.45) is 4.65. The van der Waals surface area contributed by atoms with E-state index in [0.29, 0.717) is 18.7 Å². The Morgan fingerprint density at radius 2 is 1.88 bits per heavy atom. The van der Waals surface area contributed by atoms with Gasteiger partial charge in [-0.3, -0.25) is 9.59 Å². The van der Waals surface area contributed by atoms with Crippen molar-refractivity contribution in [3.8, 4) is 0 Å². The predicted octanol–water partition coefficient (Wildman–Crippen LogP) is 4.23. The predicted molar refractivity (Wildman–Crippen MR) is 99.8 cm³/mol. The van der Waals surface area contributed by atoms with E-state index in [2.05, 4.69) is 21.2 Å². The topological polar surface area (TPSA) is 49.4 Å². The fourth-order valence-corrected chi connectivity index (χ4v) is 3.08. The Kier molecular flexibility index (Phi) is 5.11. The second kappa shape index (κ2) is 7.45. The van der Waals surface area contributed by atoms with Crippen LogP contribution in [0.4, 0.5) is 11.4 Å². The van der Waals surface area contributed by atoms with Crippen molar-refractivity contribution in [1.29, 1.82) is 0 Å². The summed E-state index contributed by atoms with van der Waals surface area (Å²) >= 11 is 3.45. The van der Waals surface area contributed by atoms with Crippen LogP contribution in [0.3, 0.4) is 0 Å². The summed E-state index contributed by atoms with van der Waals surface area (Å²) in [5.74, 6) is -0.134. The molecule has 1 fully saturated rings. The van der Waals surface area contributed by atoms with Crippen LogP contribution < -0.4 is 10.2 Å². The minimum absolute atomic E-state index is 0.0976. The first-order valence-electron chi connectivity index (χ1n) is 7.78. The van der Waals surface area contributed by atoms with Gasteiger partial charge in [-0.05, 0) is 36.3 Å². The smallest absolute Gasteiger partial charge is 0.248 e. The van der Waals surface area contributed by atoms with Gasteiger partial charge in [0.15, 0.2) is 0 Å². The monoisotopic (exact) mass is 384 g/mol. The van der Waals surface area contributed by atoms with Crippen LogP contribution in [0.2, 0.25) is 0 Å². The standard InChI is InChI=1S/C19H17BrN2O2/c20-15-7-2-1-6-14(15)11-12-18(23)21-16-8-3-4-9-17(16)22-13-5-10-19(22)24/h1-4,6-9,11-12H,5,10,13H2,(H,21,23). The highest BCUT2D eigenvalue weighted by Gasteiger charge is 2.23. The lowest BCUT2D eigenvalue weighted by Crippen LogP contribution is -2.25. The largest absolute Gasteiger partial charge is 0.321 e. The summed E-state index contributed by atoms with van der Waals surface area (Å²) in [5.41, 5.74) is 2.33. The van der Waals surface area contributed by atoms with Gasteiger partial charge in [-0.25, -0.2) is 0 Å². The first-order chi connectivity index (χ1) is 11.6. The van der Waals surface area contributed by atoms with Crippen LogP contribution in [-0.2, 0) is 9.59 Å². The molecule has 2 aromatic rings. The molecule has 1 aliphatic heterocycles. The van der Waals surface area contributed by atoms with Crippen LogP contribution in [0.1, 0.15) is 18.4 Å². The average Bonchev–Trinajstić information content (AvgIpc) is 3.00. The number of para-hydroxylation sites is 2. The van der Waals surface area contributed by atoms with Crippen LogP contribution in [0.25, 0.3) is 6.08 Å². The van der Waals surface area contributed by atoms with Gasteiger partial charge in [0.1, 0.15) is 0 Å². The number of hydrogen-bond donors (Lipinski definition) is 1. The van der Waals surface area contributed by atoms with E-state index in [0.717, 1.165) is 22.1 Å². The van der Waals surface area contributed by atoms with Crippen molar-refractivity contribution in [2.45, 2.75) is 12.8 Å². The highest BCUT2D eigenvalue weighted by atomic mass is 79.9. The van der Waals surface area contributed by atoms with Crippen molar-refractivity contribution >= 4 is 45.2 Å². The lowest BCUT2D eigenvalue weighted by Gasteiger charge is -2.19. The van der Waals surface area contributed by atoms with Crippen molar-refractivity contribution < 1.29 is 9.59 Å². The first-order valence-corrected chi connectivity index (χ1v) is 8.57. The van der Waals surface area contributed by atoms with Gasteiger partial charge in [-0.15, -0.1) is 0 Å². The molecule has 24 heavy (non-hydrogen) atoms. The Hall–Kier alpha value is -2.40. The molecule has 0 atom stereocenters. The maximum Gasteiger partial charge on any atom is 0.248 e. The van der Waals surface area contributed by atoms with Gasteiger partial charge in [-0.1, -0.05) is 46.3 Å². The fraction of sp³-hybridized carbons (Fsp3) is 0.158. The van der Waals surface area contributed by atoms with Crippen LogP contribution in [0.5, 0.6) is 0 Å². The summed E-state index contributed by atoms with van der Waals surface area (Å²) in [7, 11) is 0. The van der Waals surface area contributed by atoms with Crippen LogP contribution >= 0.6 is 15.9 Å². The molecule has 1 aliphatic rings. The first kappa shape index (κ1) is 16.5. The quantitative estimate of drug-likeness (QED) is 0.801. The van der Waals surface area contributed by atoms with Gasteiger partial charge in [0.05, 0.1) is 11.4 Å². The maximum absolute atomic E-state index is 12.2. The highest BCUT2D eigenvalue weighted by Crippen LogP contribution is 2.29. The van der Waals surface area contributed by atoms with E-state index in [1.165, 1.54) is 6.08 Å². The van der Waals surface area contributed by atoms with E-state index in [1.807, 2.05) is 48.5 Å². The molecule has 122 valence electrons. The molecule has 2 aromatic carbocycles. The molecule has 0 aromatic heterocycles. The van der Waals surface area contributed by atoms with Crippen LogP contribution in [0, 0.1) is 0 Å². The molecular formula is C19H17BrN2O2. The number of nitrogens with zero attached hydrogens (tertiary/aromatic N) is 1. The average molecular weight is 385 g/mol. The van der Waals surface area contributed by atoms with E-state index in [9.17, 15) is 9.59 Å². The molecular weight excluding hydrogens is 368 g/mol. The SMILES string of the molecule is O=C(C=Cc1ccccc1Br)Nc1ccccc1N1CCCC1=O. The highest BCUT2D eigenvalue weighted by molar-refractivity contribution is 9.10. The van der Waals surface area contributed by atoms with E-state index in [1.54, 1.807) is 11.0 Å².